The van der Waals surface area contributed by atoms with Crippen molar-refractivity contribution in [2.75, 3.05) is 48.0 Å². The number of thiazole rings is 1. The molecule has 4 heterocycles. The van der Waals surface area contributed by atoms with Gasteiger partial charge in [0.05, 0.1) is 46.7 Å². The quantitative estimate of drug-likeness (QED) is 0.0115. The molecule has 362 valence electrons. The summed E-state index contributed by atoms with van der Waals surface area (Å²) in [5, 5.41) is 9.94. The Morgan fingerprint density at radius 3 is 2.30 bits per heavy atom. The number of hydrogen-bond acceptors (Lipinski definition) is 13. The maximum atomic E-state index is 14.0. The standard InChI is InChI=1S/C50H39F5N8O7S/c1-61(18-3-21-69-40(65)14-15-41(66)70-47-45(54)43(52)42(51)44(53)46(47)55)30-9-7-28(8-10-30)59-60-50-58-36-11-6-27(23-39(36)71-50)48(67)62-19-16-31-26(4-2-5-37(31)62)22-34(56)49(68)63-20-17-32-33-24-29(25-64)57-35(33)12-13-38(32)63/h2,4-13,22-25,57H,3,14-21,56H2,1H3/b34-22-,60-59?. The van der Waals surface area contributed by atoms with Crippen molar-refractivity contribution in [2.24, 2.45) is 16.0 Å². The van der Waals surface area contributed by atoms with Gasteiger partial charge >= 0.3 is 11.9 Å². The molecule has 9 rings (SSSR count). The molecular formula is C50H39F5N8O7S. The predicted octanol–water partition coefficient (Wildman–Crippen LogP) is 9.55. The minimum Gasteiger partial charge on any atom is -0.466 e. The number of nitrogens with zero attached hydrogens (tertiary/aromatic N) is 6. The maximum absolute atomic E-state index is 14.0. The number of amides is 2. The van der Waals surface area contributed by atoms with Crippen molar-refractivity contribution in [3.05, 3.63) is 142 Å². The lowest BCUT2D eigenvalue weighted by atomic mass is 10.0. The molecule has 15 nitrogen and oxygen atoms in total. The first-order valence-corrected chi connectivity index (χ1v) is 22.8. The number of anilines is 3. The van der Waals surface area contributed by atoms with E-state index < -0.39 is 59.6 Å². The van der Waals surface area contributed by atoms with Crippen molar-refractivity contribution in [3.63, 3.8) is 0 Å². The predicted molar refractivity (Wildman–Crippen MR) is 254 cm³/mol. The molecule has 0 saturated carbocycles. The number of nitrogens with two attached hydrogens (primary N) is 1. The van der Waals surface area contributed by atoms with Gasteiger partial charge in [0.25, 0.3) is 11.8 Å². The summed E-state index contributed by atoms with van der Waals surface area (Å²) in [5.74, 6) is -16.1. The highest BCUT2D eigenvalue weighted by atomic mass is 32.1. The highest BCUT2D eigenvalue weighted by Crippen LogP contribution is 2.38. The zero-order chi connectivity index (χ0) is 50.1. The minimum absolute atomic E-state index is 0.0345. The van der Waals surface area contributed by atoms with Crippen LogP contribution < -0.4 is 25.2 Å². The average Bonchev–Trinajstić information content (AvgIpc) is 4.21. The van der Waals surface area contributed by atoms with Crippen LogP contribution in [-0.4, -0.2) is 73.3 Å². The number of azo groups is 1. The van der Waals surface area contributed by atoms with Crippen molar-refractivity contribution >= 4 is 96.5 Å². The van der Waals surface area contributed by atoms with E-state index in [0.717, 1.165) is 55.6 Å². The second-order valence-corrected chi connectivity index (χ2v) is 17.5. The van der Waals surface area contributed by atoms with Crippen LogP contribution in [0.5, 0.6) is 5.75 Å². The zero-order valence-corrected chi connectivity index (χ0v) is 38.3. The number of aromatic nitrogens is 2. The molecule has 0 spiro atoms. The number of halogens is 5. The van der Waals surface area contributed by atoms with Gasteiger partial charge in [-0.3, -0.25) is 24.0 Å². The Labute approximate surface area is 404 Å². The molecule has 5 aromatic carbocycles. The van der Waals surface area contributed by atoms with Gasteiger partial charge in [0.2, 0.25) is 40.0 Å². The van der Waals surface area contributed by atoms with Crippen LogP contribution in [0.15, 0.2) is 94.8 Å². The van der Waals surface area contributed by atoms with Crippen LogP contribution in [0.25, 0.3) is 27.2 Å². The number of aldehydes is 1. The average molecular weight is 991 g/mol. The molecule has 0 saturated heterocycles. The number of carbonyl (C=O) groups excluding carboxylic acids is 5. The largest absolute Gasteiger partial charge is 0.466 e. The smallest absolute Gasteiger partial charge is 0.311 e. The summed E-state index contributed by atoms with van der Waals surface area (Å²) in [5.41, 5.74) is 14.4. The van der Waals surface area contributed by atoms with E-state index in [1.807, 2.05) is 54.4 Å². The van der Waals surface area contributed by atoms with Crippen molar-refractivity contribution in [3.8, 4) is 5.75 Å². The number of esters is 2. The van der Waals surface area contributed by atoms with E-state index in [1.165, 1.54) is 11.3 Å². The fourth-order valence-electron chi connectivity index (χ4n) is 8.45. The third-order valence-corrected chi connectivity index (χ3v) is 12.9. The third kappa shape index (κ3) is 9.67. The fraction of sp³-hybridized carbons (Fsp3) is 0.200. The second-order valence-electron chi connectivity index (χ2n) is 16.5. The molecule has 0 bridgehead atoms. The van der Waals surface area contributed by atoms with Crippen LogP contribution >= 0.6 is 11.3 Å². The summed E-state index contributed by atoms with van der Waals surface area (Å²) < 4.78 is 77.6. The van der Waals surface area contributed by atoms with Crippen molar-refractivity contribution < 1.29 is 55.4 Å². The molecule has 71 heavy (non-hydrogen) atoms. The molecule has 2 aliphatic rings. The fourth-order valence-corrected chi connectivity index (χ4v) is 9.28. The van der Waals surface area contributed by atoms with E-state index in [-0.39, 0.29) is 24.1 Å². The zero-order valence-electron chi connectivity index (χ0n) is 37.4. The molecule has 7 aromatic rings. The van der Waals surface area contributed by atoms with Gasteiger partial charge in [-0.1, -0.05) is 23.5 Å². The van der Waals surface area contributed by atoms with E-state index in [1.54, 1.807) is 52.3 Å². The summed E-state index contributed by atoms with van der Waals surface area (Å²) in [6.07, 6.45) is 2.72. The second kappa shape index (κ2) is 19.9. The number of H-pyrrole nitrogens is 1. The van der Waals surface area contributed by atoms with Crippen LogP contribution in [-0.2, 0) is 32.0 Å². The molecular weight excluding hydrogens is 952 g/mol. The van der Waals surface area contributed by atoms with Gasteiger partial charge in [-0.2, -0.15) is 8.78 Å². The number of rotatable bonds is 15. The lowest BCUT2D eigenvalue weighted by Gasteiger charge is -2.19. The van der Waals surface area contributed by atoms with Gasteiger partial charge in [0, 0.05) is 60.2 Å². The molecule has 2 aliphatic heterocycles. The number of ether oxygens (including phenoxy) is 2. The van der Waals surface area contributed by atoms with Crippen LogP contribution in [0.2, 0.25) is 0 Å². The number of fused-ring (bicyclic) bond motifs is 5. The molecule has 0 atom stereocenters. The van der Waals surface area contributed by atoms with E-state index in [9.17, 15) is 45.9 Å². The summed E-state index contributed by atoms with van der Waals surface area (Å²) >= 11 is 1.28. The lowest BCUT2D eigenvalue weighted by Crippen LogP contribution is -2.33. The summed E-state index contributed by atoms with van der Waals surface area (Å²) in [6.45, 7) is 1.31. The summed E-state index contributed by atoms with van der Waals surface area (Å²) in [7, 11) is 1.82. The van der Waals surface area contributed by atoms with Crippen molar-refractivity contribution in [2.45, 2.75) is 32.1 Å². The van der Waals surface area contributed by atoms with Crippen molar-refractivity contribution in [1.82, 2.24) is 9.97 Å². The lowest BCUT2D eigenvalue weighted by molar-refractivity contribution is -0.147. The Morgan fingerprint density at radius 2 is 1.54 bits per heavy atom. The molecule has 0 aliphatic carbocycles. The molecule has 0 unspecified atom stereocenters. The molecule has 0 fully saturated rings. The van der Waals surface area contributed by atoms with Gasteiger partial charge in [-0.25, -0.2) is 18.2 Å². The van der Waals surface area contributed by atoms with Crippen LogP contribution in [0.4, 0.5) is 49.8 Å². The van der Waals surface area contributed by atoms with Gasteiger partial charge in [0.1, 0.15) is 0 Å². The van der Waals surface area contributed by atoms with Gasteiger partial charge < -0.3 is 34.9 Å². The normalized spacial score (nSPS) is 13.3. The first kappa shape index (κ1) is 47.7. The summed E-state index contributed by atoms with van der Waals surface area (Å²) in [4.78, 5) is 76.0. The molecule has 0 radical (unpaired) electrons. The molecule has 2 aromatic heterocycles. The van der Waals surface area contributed by atoms with Gasteiger partial charge in [-0.15, -0.1) is 10.2 Å². The van der Waals surface area contributed by atoms with E-state index in [4.69, 9.17) is 10.5 Å². The minimum atomic E-state index is -2.40. The van der Waals surface area contributed by atoms with Gasteiger partial charge in [0.15, 0.2) is 6.29 Å². The van der Waals surface area contributed by atoms with E-state index in [0.29, 0.717) is 66.5 Å². The number of benzene rings is 5. The van der Waals surface area contributed by atoms with Crippen LogP contribution in [0.1, 0.15) is 56.8 Å². The number of hydrogen-bond donors (Lipinski definition) is 2. The molecule has 3 N–H and O–H groups in total. The SMILES string of the molecule is CN(CCCOC(=O)CCC(=O)Oc1c(F)c(F)c(F)c(F)c1F)c1ccc(N=Nc2nc3ccc(C(=O)N4CCc5c(/C=C(\N)C(=O)N6CCc7c6ccc6[nH]c(C=O)cc76)cccc54)cc3s2)cc1. The first-order chi connectivity index (χ1) is 34.2. The highest BCUT2D eigenvalue weighted by molar-refractivity contribution is 7.21. The monoisotopic (exact) mass is 990 g/mol. The summed E-state index contributed by atoms with van der Waals surface area (Å²) in [6, 6.07) is 23.5. The third-order valence-electron chi connectivity index (χ3n) is 12.0. The number of nitrogens with one attached hydrogen (secondary N) is 1. The first-order valence-electron chi connectivity index (χ1n) is 22.0. The topological polar surface area (TPSA) is 193 Å². The Bertz CT molecular complexity index is 3350. The van der Waals surface area contributed by atoms with E-state index in [2.05, 4.69) is 24.9 Å². The Hall–Kier alpha value is -8.33. The molecule has 21 heteroatoms. The van der Waals surface area contributed by atoms with Gasteiger partial charge in [-0.05, 0) is 109 Å². The number of aromatic amines is 1. The Morgan fingerprint density at radius 1 is 0.831 bits per heavy atom. The Kier molecular flexibility index (Phi) is 13.4. The van der Waals surface area contributed by atoms with Crippen LogP contribution in [0, 0.1) is 29.1 Å². The van der Waals surface area contributed by atoms with Crippen LogP contribution in [0.3, 0.4) is 0 Å². The Balaban J connectivity index is 0.756. The van der Waals surface area contributed by atoms with Crippen molar-refractivity contribution in [1.29, 1.82) is 0 Å². The van der Waals surface area contributed by atoms with E-state index >= 15 is 0 Å². The maximum Gasteiger partial charge on any atom is 0.311 e. The highest BCUT2D eigenvalue weighted by Gasteiger charge is 2.31. The molecule has 2 amide bonds. The number of carbonyl (C=O) groups is 5.